The van der Waals surface area contributed by atoms with Crippen molar-refractivity contribution in [3.8, 4) is 44.5 Å². The molecule has 2 aliphatic carbocycles. The Labute approximate surface area is 351 Å². The first-order chi connectivity index (χ1) is 29.8. The second-order valence-corrected chi connectivity index (χ2v) is 16.6. The predicted octanol–water partition coefficient (Wildman–Crippen LogP) is 15.9. The first kappa shape index (κ1) is 34.7. The van der Waals surface area contributed by atoms with Gasteiger partial charge >= 0.3 is 0 Å². The zero-order valence-electron chi connectivity index (χ0n) is 33.4. The molecule has 2 nitrogen and oxygen atoms in total. The zero-order valence-corrected chi connectivity index (χ0v) is 33.4. The topological polar surface area (TPSA) is 16.1 Å². The molecule has 0 radical (unpaired) electrons. The van der Waals surface area contributed by atoms with Crippen LogP contribution in [-0.2, 0) is 5.41 Å². The number of benzene rings is 9. The molecule has 9 aromatic carbocycles. The molecule has 2 heteroatoms. The molecule has 1 saturated carbocycles. The molecular formula is C58H42N2. The minimum Gasteiger partial charge on any atom is -0.295 e. The molecule has 0 aliphatic heterocycles. The highest BCUT2D eigenvalue weighted by Crippen LogP contribution is 2.58. The third-order valence-corrected chi connectivity index (χ3v) is 13.4. The molecule has 0 amide bonds. The molecular weight excluding hydrogens is 725 g/mol. The molecule has 60 heavy (non-hydrogen) atoms. The summed E-state index contributed by atoms with van der Waals surface area (Å²) in [5.41, 5.74) is 15.4. The van der Waals surface area contributed by atoms with E-state index in [1.807, 2.05) is 12.3 Å². The Hall–Kier alpha value is -7.29. The molecule has 1 heterocycles. The van der Waals surface area contributed by atoms with Gasteiger partial charge in [0.1, 0.15) is 5.82 Å². The maximum Gasteiger partial charge on any atom is 0.137 e. The SMILES string of the molecule is c1ccc(-c2cc(-c3ccccc3)c3c4ccccc4c4cc(N(c5ccc6c(c5)C5(CCCC5)c5ccccc5-6)c5ccccn5)ccc4c3c2-c2ccccc2)cc1. The molecule has 0 N–H and O–H groups in total. The largest absolute Gasteiger partial charge is 0.295 e. The lowest BCUT2D eigenvalue weighted by Crippen LogP contribution is -2.21. The average molecular weight is 767 g/mol. The monoisotopic (exact) mass is 766 g/mol. The van der Waals surface area contributed by atoms with Gasteiger partial charge in [-0.2, -0.15) is 0 Å². The van der Waals surface area contributed by atoms with Crippen LogP contribution in [0.5, 0.6) is 0 Å². The van der Waals surface area contributed by atoms with Crippen molar-refractivity contribution < 1.29 is 0 Å². The highest BCUT2D eigenvalue weighted by Gasteiger charge is 2.45. The summed E-state index contributed by atoms with van der Waals surface area (Å²) in [5.74, 6) is 0.903. The molecule has 0 unspecified atom stereocenters. The minimum atomic E-state index is 0.0665. The van der Waals surface area contributed by atoms with Crippen LogP contribution in [0.3, 0.4) is 0 Å². The smallest absolute Gasteiger partial charge is 0.137 e. The van der Waals surface area contributed by atoms with Crippen molar-refractivity contribution in [2.75, 3.05) is 4.90 Å². The van der Waals surface area contributed by atoms with Gasteiger partial charge in [-0.25, -0.2) is 4.98 Å². The van der Waals surface area contributed by atoms with E-state index in [-0.39, 0.29) is 5.41 Å². The summed E-state index contributed by atoms with van der Waals surface area (Å²) in [6.45, 7) is 0. The first-order valence-electron chi connectivity index (χ1n) is 21.3. The second-order valence-electron chi connectivity index (χ2n) is 16.6. The molecule has 284 valence electrons. The Balaban J connectivity index is 1.17. The highest BCUT2D eigenvalue weighted by atomic mass is 15.2. The third kappa shape index (κ3) is 5.30. The number of anilines is 3. The summed E-state index contributed by atoms with van der Waals surface area (Å²) < 4.78 is 0. The van der Waals surface area contributed by atoms with Crippen LogP contribution in [-0.4, -0.2) is 4.98 Å². The van der Waals surface area contributed by atoms with Gasteiger partial charge in [-0.1, -0.05) is 171 Å². The van der Waals surface area contributed by atoms with Crippen LogP contribution in [0.25, 0.3) is 76.8 Å². The van der Waals surface area contributed by atoms with Crippen molar-refractivity contribution in [3.05, 3.63) is 218 Å². The van der Waals surface area contributed by atoms with Gasteiger partial charge in [0.05, 0.1) is 0 Å². The number of hydrogen-bond donors (Lipinski definition) is 0. The molecule has 1 spiro atoms. The van der Waals surface area contributed by atoms with E-state index in [0.29, 0.717) is 0 Å². The molecule has 0 bridgehead atoms. The minimum absolute atomic E-state index is 0.0665. The van der Waals surface area contributed by atoms with Gasteiger partial charge in [0.25, 0.3) is 0 Å². The van der Waals surface area contributed by atoms with Crippen LogP contribution in [0.15, 0.2) is 206 Å². The molecule has 12 rings (SSSR count). The van der Waals surface area contributed by atoms with Crippen molar-refractivity contribution in [1.82, 2.24) is 4.98 Å². The number of rotatable bonds is 6. The molecule has 0 saturated heterocycles. The Bertz CT molecular complexity index is 3240. The molecule has 0 atom stereocenters. The fourth-order valence-corrected chi connectivity index (χ4v) is 10.9. The lowest BCUT2D eigenvalue weighted by atomic mass is 9.76. The van der Waals surface area contributed by atoms with Crippen LogP contribution in [0, 0.1) is 0 Å². The van der Waals surface area contributed by atoms with Crippen LogP contribution in [0.2, 0.25) is 0 Å². The molecule has 1 aromatic heterocycles. The van der Waals surface area contributed by atoms with E-state index >= 15 is 0 Å². The predicted molar refractivity (Wildman–Crippen MR) is 252 cm³/mol. The Morgan fingerprint density at radius 3 is 1.70 bits per heavy atom. The zero-order chi connectivity index (χ0) is 39.6. The Morgan fingerprint density at radius 2 is 0.967 bits per heavy atom. The van der Waals surface area contributed by atoms with Gasteiger partial charge in [-0.05, 0) is 143 Å². The third-order valence-electron chi connectivity index (χ3n) is 13.4. The summed E-state index contributed by atoms with van der Waals surface area (Å²) >= 11 is 0. The van der Waals surface area contributed by atoms with Crippen LogP contribution in [0.4, 0.5) is 17.2 Å². The van der Waals surface area contributed by atoms with Crippen LogP contribution >= 0.6 is 0 Å². The average Bonchev–Trinajstić information content (AvgIpc) is 3.93. The number of hydrogen-bond acceptors (Lipinski definition) is 2. The Morgan fingerprint density at radius 1 is 0.383 bits per heavy atom. The maximum atomic E-state index is 5.02. The van der Waals surface area contributed by atoms with E-state index in [1.54, 1.807) is 0 Å². The van der Waals surface area contributed by atoms with Gasteiger partial charge in [-0.3, -0.25) is 4.90 Å². The number of pyridine rings is 1. The summed E-state index contributed by atoms with van der Waals surface area (Å²) in [7, 11) is 0. The van der Waals surface area contributed by atoms with Crippen LogP contribution in [0.1, 0.15) is 36.8 Å². The number of nitrogens with zero attached hydrogens (tertiary/aromatic N) is 2. The van der Waals surface area contributed by atoms with Gasteiger partial charge in [0, 0.05) is 23.0 Å². The van der Waals surface area contributed by atoms with Crippen molar-refractivity contribution in [2.24, 2.45) is 0 Å². The van der Waals surface area contributed by atoms with Gasteiger partial charge < -0.3 is 0 Å². The lowest BCUT2D eigenvalue weighted by molar-refractivity contribution is 0.550. The van der Waals surface area contributed by atoms with E-state index in [2.05, 4.69) is 199 Å². The standard InChI is InChI=1S/C58H42N2/c1-4-18-39(19-5-1)49-38-50(40-20-6-2-7-21-40)56-47-26-11-10-24-44(47)51-36-42(30-32-48(51)57(56)55(49)41-22-8-3-9-23-41)60(54-28-14-17-35-59-54)43-29-31-46-45-25-12-13-27-52(45)58(53(46)37-43)33-15-16-34-58/h1-14,17-32,35-38H,15-16,33-34H2. The van der Waals surface area contributed by atoms with Gasteiger partial charge in [-0.15, -0.1) is 0 Å². The summed E-state index contributed by atoms with van der Waals surface area (Å²) in [5, 5.41) is 7.48. The second kappa shape index (κ2) is 13.9. The van der Waals surface area contributed by atoms with Gasteiger partial charge in [0.15, 0.2) is 0 Å². The maximum absolute atomic E-state index is 5.02. The fourth-order valence-electron chi connectivity index (χ4n) is 10.9. The molecule has 1 fully saturated rings. The van der Waals surface area contributed by atoms with E-state index in [4.69, 9.17) is 4.98 Å². The van der Waals surface area contributed by atoms with E-state index in [1.165, 1.54) is 114 Å². The number of fused-ring (bicyclic) bond motifs is 11. The molecule has 2 aliphatic rings. The van der Waals surface area contributed by atoms with Gasteiger partial charge in [0.2, 0.25) is 0 Å². The normalized spacial score (nSPS) is 13.9. The fraction of sp³-hybridized carbons (Fsp3) is 0.0862. The van der Waals surface area contributed by atoms with E-state index in [9.17, 15) is 0 Å². The number of aromatic nitrogens is 1. The first-order valence-corrected chi connectivity index (χ1v) is 21.3. The Kier molecular flexibility index (Phi) is 8.06. The summed E-state index contributed by atoms with van der Waals surface area (Å²) in [6.07, 6.45) is 6.82. The highest BCUT2D eigenvalue weighted by molar-refractivity contribution is 6.33. The van der Waals surface area contributed by atoms with E-state index in [0.717, 1.165) is 17.2 Å². The van der Waals surface area contributed by atoms with Crippen molar-refractivity contribution in [1.29, 1.82) is 0 Å². The molecule has 10 aromatic rings. The van der Waals surface area contributed by atoms with Crippen molar-refractivity contribution >= 4 is 49.5 Å². The van der Waals surface area contributed by atoms with Crippen molar-refractivity contribution in [3.63, 3.8) is 0 Å². The lowest BCUT2D eigenvalue weighted by Gasteiger charge is -2.29. The van der Waals surface area contributed by atoms with E-state index < -0.39 is 0 Å². The summed E-state index contributed by atoms with van der Waals surface area (Å²) in [4.78, 5) is 7.39. The van der Waals surface area contributed by atoms with Crippen molar-refractivity contribution in [2.45, 2.75) is 31.1 Å². The summed E-state index contributed by atoms with van der Waals surface area (Å²) in [6, 6.07) is 74.0. The van der Waals surface area contributed by atoms with Crippen LogP contribution < -0.4 is 4.90 Å². The quantitative estimate of drug-likeness (QED) is 0.157.